The number of halogens is 1. The monoisotopic (exact) mass is 379 g/mol. The van der Waals surface area contributed by atoms with Gasteiger partial charge < -0.3 is 10.1 Å². The number of sulfone groups is 1. The van der Waals surface area contributed by atoms with E-state index >= 15 is 0 Å². The highest BCUT2D eigenvalue weighted by Gasteiger charge is 2.20. The third-order valence-electron chi connectivity index (χ3n) is 3.72. The van der Waals surface area contributed by atoms with Crippen molar-refractivity contribution in [1.82, 2.24) is 5.32 Å². The normalized spacial score (nSPS) is 12.3. The second-order valence-electron chi connectivity index (χ2n) is 5.65. The lowest BCUT2D eigenvalue weighted by Gasteiger charge is -2.18. The molecule has 0 aromatic heterocycles. The van der Waals surface area contributed by atoms with Gasteiger partial charge in [0.1, 0.15) is 5.82 Å². The van der Waals surface area contributed by atoms with Crippen LogP contribution in [0.2, 0.25) is 0 Å². The Bertz CT molecular complexity index is 892. The van der Waals surface area contributed by atoms with Crippen molar-refractivity contribution in [2.45, 2.75) is 17.4 Å². The van der Waals surface area contributed by atoms with Crippen molar-refractivity contribution in [2.24, 2.45) is 0 Å². The Morgan fingerprint density at radius 1 is 1.08 bits per heavy atom. The van der Waals surface area contributed by atoms with Crippen LogP contribution in [-0.4, -0.2) is 33.7 Å². The van der Waals surface area contributed by atoms with Crippen molar-refractivity contribution in [3.8, 4) is 0 Å². The van der Waals surface area contributed by atoms with Gasteiger partial charge in [-0.25, -0.2) is 12.8 Å². The Balaban J connectivity index is 2.22. The number of nitrogens with one attached hydrogen (secondary N) is 1. The molecular formula is C18H18FNO5S. The van der Waals surface area contributed by atoms with Crippen molar-refractivity contribution in [3.05, 3.63) is 65.5 Å². The predicted octanol–water partition coefficient (Wildman–Crippen LogP) is 2.26. The van der Waals surface area contributed by atoms with Gasteiger partial charge in [0.15, 0.2) is 9.84 Å². The number of carbonyl (C=O) groups excluding carboxylic acids is 2. The van der Waals surface area contributed by atoms with E-state index in [9.17, 15) is 22.4 Å². The van der Waals surface area contributed by atoms with E-state index in [0.717, 1.165) is 6.26 Å². The van der Waals surface area contributed by atoms with Crippen LogP contribution in [0.15, 0.2) is 53.4 Å². The molecule has 0 aliphatic carbocycles. The van der Waals surface area contributed by atoms with Crippen LogP contribution >= 0.6 is 0 Å². The average molecular weight is 379 g/mol. The molecule has 8 heteroatoms. The maximum absolute atomic E-state index is 13.1. The summed E-state index contributed by atoms with van der Waals surface area (Å²) in [4.78, 5) is 24.2. The Kier molecular flexibility index (Phi) is 6.10. The van der Waals surface area contributed by atoms with E-state index in [1.54, 1.807) is 0 Å². The van der Waals surface area contributed by atoms with Crippen molar-refractivity contribution in [2.75, 3.05) is 13.4 Å². The molecular weight excluding hydrogens is 361 g/mol. The third-order valence-corrected chi connectivity index (χ3v) is 4.85. The molecule has 2 rings (SSSR count). The second-order valence-corrected chi connectivity index (χ2v) is 7.67. The maximum Gasteiger partial charge on any atom is 0.307 e. The average Bonchev–Trinajstić information content (AvgIpc) is 2.61. The largest absolute Gasteiger partial charge is 0.469 e. The van der Waals surface area contributed by atoms with Gasteiger partial charge in [-0.2, -0.15) is 0 Å². The predicted molar refractivity (Wildman–Crippen MR) is 92.8 cm³/mol. The molecule has 0 heterocycles. The standard InChI is InChI=1S/C18H18FNO5S/c1-25-17(21)11-16(12-3-7-14(19)8-4-12)20-18(22)13-5-9-15(10-6-13)26(2,23)24/h3-10,16H,11H2,1-2H3,(H,20,22)/t16-/m1/s1. The van der Waals surface area contributed by atoms with Crippen LogP contribution in [0.1, 0.15) is 28.4 Å². The number of amides is 1. The van der Waals surface area contributed by atoms with Gasteiger partial charge in [0.25, 0.3) is 5.91 Å². The number of carbonyl (C=O) groups is 2. The molecule has 2 aromatic carbocycles. The van der Waals surface area contributed by atoms with Crippen molar-refractivity contribution >= 4 is 21.7 Å². The Morgan fingerprint density at radius 3 is 2.15 bits per heavy atom. The summed E-state index contributed by atoms with van der Waals surface area (Å²) >= 11 is 0. The molecule has 0 radical (unpaired) electrons. The zero-order chi connectivity index (χ0) is 19.3. The van der Waals surface area contributed by atoms with E-state index in [-0.39, 0.29) is 16.9 Å². The molecule has 1 atom stereocenters. The van der Waals surface area contributed by atoms with Crippen LogP contribution < -0.4 is 5.32 Å². The van der Waals surface area contributed by atoms with Crippen LogP contribution in [0.25, 0.3) is 0 Å². The minimum Gasteiger partial charge on any atom is -0.469 e. The lowest BCUT2D eigenvalue weighted by Crippen LogP contribution is -2.30. The fourth-order valence-corrected chi connectivity index (χ4v) is 2.92. The minimum atomic E-state index is -3.36. The fraction of sp³-hybridized carbons (Fsp3) is 0.222. The first kappa shape index (κ1) is 19.6. The number of benzene rings is 2. The van der Waals surface area contributed by atoms with Gasteiger partial charge in [0.2, 0.25) is 0 Å². The smallest absolute Gasteiger partial charge is 0.307 e. The molecule has 2 aromatic rings. The summed E-state index contributed by atoms with van der Waals surface area (Å²) in [6.45, 7) is 0. The summed E-state index contributed by atoms with van der Waals surface area (Å²) in [7, 11) is -2.13. The molecule has 0 aliphatic rings. The first-order valence-electron chi connectivity index (χ1n) is 7.64. The van der Waals surface area contributed by atoms with Gasteiger partial charge in [0.05, 0.1) is 24.5 Å². The number of ether oxygens (including phenoxy) is 1. The van der Waals surface area contributed by atoms with Crippen LogP contribution in [0.3, 0.4) is 0 Å². The number of hydrogen-bond donors (Lipinski definition) is 1. The van der Waals surface area contributed by atoms with Crippen molar-refractivity contribution in [1.29, 1.82) is 0 Å². The van der Waals surface area contributed by atoms with Gasteiger partial charge in [-0.1, -0.05) is 12.1 Å². The molecule has 26 heavy (non-hydrogen) atoms. The highest BCUT2D eigenvalue weighted by Crippen LogP contribution is 2.19. The van der Waals surface area contributed by atoms with Crippen LogP contribution in [-0.2, 0) is 19.4 Å². The number of rotatable bonds is 6. The Labute approximate surface area is 150 Å². The highest BCUT2D eigenvalue weighted by molar-refractivity contribution is 7.90. The molecule has 0 saturated carbocycles. The van der Waals surface area contributed by atoms with Crippen LogP contribution in [0, 0.1) is 5.82 Å². The number of esters is 1. The van der Waals surface area contributed by atoms with E-state index in [2.05, 4.69) is 10.1 Å². The number of hydrogen-bond acceptors (Lipinski definition) is 5. The van der Waals surface area contributed by atoms with Gasteiger partial charge in [-0.05, 0) is 42.0 Å². The van der Waals surface area contributed by atoms with Gasteiger partial charge >= 0.3 is 5.97 Å². The lowest BCUT2D eigenvalue weighted by atomic mass is 10.0. The summed E-state index contributed by atoms with van der Waals surface area (Å²) < 4.78 is 40.7. The van der Waals surface area contributed by atoms with Gasteiger partial charge in [-0.15, -0.1) is 0 Å². The van der Waals surface area contributed by atoms with E-state index < -0.39 is 33.6 Å². The second kappa shape index (κ2) is 8.09. The first-order chi connectivity index (χ1) is 12.2. The quantitative estimate of drug-likeness (QED) is 0.778. The summed E-state index contributed by atoms with van der Waals surface area (Å²) in [5, 5.41) is 2.68. The molecule has 0 fully saturated rings. The molecule has 0 spiro atoms. The molecule has 1 N–H and O–H groups in total. The van der Waals surface area contributed by atoms with E-state index in [1.165, 1.54) is 55.6 Å². The van der Waals surface area contributed by atoms with Gasteiger partial charge in [0, 0.05) is 11.8 Å². The van der Waals surface area contributed by atoms with Gasteiger partial charge in [-0.3, -0.25) is 9.59 Å². The molecule has 0 bridgehead atoms. The molecule has 6 nitrogen and oxygen atoms in total. The fourth-order valence-electron chi connectivity index (χ4n) is 2.29. The lowest BCUT2D eigenvalue weighted by molar-refractivity contribution is -0.141. The molecule has 138 valence electrons. The topological polar surface area (TPSA) is 89.5 Å². The van der Waals surface area contributed by atoms with Crippen LogP contribution in [0.4, 0.5) is 4.39 Å². The third kappa shape index (κ3) is 5.13. The molecule has 1 amide bonds. The molecule has 0 aliphatic heterocycles. The van der Waals surface area contributed by atoms with E-state index in [4.69, 9.17) is 0 Å². The summed E-state index contributed by atoms with van der Waals surface area (Å²) in [6, 6.07) is 10.1. The zero-order valence-electron chi connectivity index (χ0n) is 14.2. The van der Waals surface area contributed by atoms with E-state index in [0.29, 0.717) is 5.56 Å². The van der Waals surface area contributed by atoms with Crippen molar-refractivity contribution < 1.29 is 27.1 Å². The maximum atomic E-state index is 13.1. The Morgan fingerprint density at radius 2 is 1.65 bits per heavy atom. The minimum absolute atomic E-state index is 0.0960. The first-order valence-corrected chi connectivity index (χ1v) is 9.53. The summed E-state index contributed by atoms with van der Waals surface area (Å²) in [5.41, 5.74) is 0.771. The van der Waals surface area contributed by atoms with Crippen LogP contribution in [0.5, 0.6) is 0 Å². The summed E-state index contributed by atoms with van der Waals surface area (Å²) in [5.74, 6) is -1.47. The number of methoxy groups -OCH3 is 1. The molecule has 0 saturated heterocycles. The summed E-state index contributed by atoms with van der Waals surface area (Å²) in [6.07, 6.45) is 0.943. The Hall–Kier alpha value is -2.74. The zero-order valence-corrected chi connectivity index (χ0v) is 15.0. The molecule has 0 unspecified atom stereocenters. The SMILES string of the molecule is COC(=O)C[C@@H](NC(=O)c1ccc(S(C)(=O)=O)cc1)c1ccc(F)cc1. The van der Waals surface area contributed by atoms with Crippen molar-refractivity contribution in [3.63, 3.8) is 0 Å². The van der Waals surface area contributed by atoms with E-state index in [1.807, 2.05) is 0 Å². The highest BCUT2D eigenvalue weighted by atomic mass is 32.2.